The van der Waals surface area contributed by atoms with E-state index in [0.717, 1.165) is 16.3 Å². The van der Waals surface area contributed by atoms with Gasteiger partial charge in [-0.2, -0.15) is 0 Å². The Kier molecular flexibility index (Phi) is 7.20. The Bertz CT molecular complexity index is 1780. The molecular formula is C29H27N7O6. The van der Waals surface area contributed by atoms with Gasteiger partial charge in [-0.1, -0.05) is 42.5 Å². The van der Waals surface area contributed by atoms with Crippen LogP contribution in [-0.2, 0) is 4.74 Å². The van der Waals surface area contributed by atoms with Crippen molar-refractivity contribution >= 4 is 39.3 Å². The summed E-state index contributed by atoms with van der Waals surface area (Å²) < 4.78 is 7.57. The Morgan fingerprint density at radius 2 is 1.86 bits per heavy atom. The number of nitro groups is 1. The van der Waals surface area contributed by atoms with Crippen LogP contribution in [0.2, 0.25) is 0 Å². The number of ether oxygens (including phenoxy) is 1. The maximum absolute atomic E-state index is 13.3. The molecule has 4 N–H and O–H groups in total. The molecule has 3 aromatic carbocycles. The summed E-state index contributed by atoms with van der Waals surface area (Å²) in [6, 6.07) is 18.0. The lowest BCUT2D eigenvalue weighted by Gasteiger charge is -2.23. The lowest BCUT2D eigenvalue weighted by Crippen LogP contribution is -2.46. The molecule has 5 aromatic rings. The summed E-state index contributed by atoms with van der Waals surface area (Å²) in [5.74, 6) is 0.00826. The highest BCUT2D eigenvalue weighted by Crippen LogP contribution is 2.33. The summed E-state index contributed by atoms with van der Waals surface area (Å²) in [6.45, 7) is 1.42. The third kappa shape index (κ3) is 5.00. The highest BCUT2D eigenvalue weighted by Gasteiger charge is 2.46. The van der Waals surface area contributed by atoms with E-state index in [1.807, 2.05) is 37.3 Å². The van der Waals surface area contributed by atoms with Crippen LogP contribution < -0.4 is 10.6 Å². The standard InChI is InChI=1S/C29H27N7O6/c1-16(17-8-10-21(11-9-17)36(40)41)33-26-24-27(31-14-30-26)35(15-32-24)29-23(25(38)22(13-37)42-29)34-28(39)20-7-6-18-4-2-3-5-19(18)12-20/h2-12,14-16,22-23,25,29,37-38H,13H2,1H3,(H,34,39)(H,30,31,33)/t16-,22-,23-,25-,29-/m1/s1. The number of hydrogen-bond acceptors (Lipinski definition) is 10. The number of imidazole rings is 1. The number of rotatable bonds is 8. The molecule has 1 aliphatic rings. The summed E-state index contributed by atoms with van der Waals surface area (Å²) in [4.78, 5) is 37.0. The molecule has 1 amide bonds. The molecule has 1 saturated heterocycles. The lowest BCUT2D eigenvalue weighted by atomic mass is 10.0. The first-order valence-electron chi connectivity index (χ1n) is 13.3. The highest BCUT2D eigenvalue weighted by molar-refractivity contribution is 5.98. The van der Waals surface area contributed by atoms with Gasteiger partial charge in [0.15, 0.2) is 23.2 Å². The topological polar surface area (TPSA) is 178 Å². The molecule has 0 unspecified atom stereocenters. The van der Waals surface area contributed by atoms with Crippen LogP contribution >= 0.6 is 0 Å². The summed E-state index contributed by atoms with van der Waals surface area (Å²) >= 11 is 0. The number of non-ortho nitro benzene ring substituents is 1. The molecule has 3 heterocycles. The predicted octanol–water partition coefficient (Wildman–Crippen LogP) is 3.11. The molecule has 214 valence electrons. The second-order valence-electron chi connectivity index (χ2n) is 10.1. The second-order valence-corrected chi connectivity index (χ2v) is 10.1. The number of aliphatic hydroxyl groups excluding tert-OH is 2. The molecule has 5 atom stereocenters. The zero-order valence-electron chi connectivity index (χ0n) is 22.4. The minimum absolute atomic E-state index is 0.00341. The fourth-order valence-corrected chi connectivity index (χ4v) is 5.17. The second kappa shape index (κ2) is 11.1. The maximum Gasteiger partial charge on any atom is 0.269 e. The molecule has 0 spiro atoms. The van der Waals surface area contributed by atoms with Gasteiger partial charge in [-0.05, 0) is 35.4 Å². The van der Waals surface area contributed by atoms with Crippen molar-refractivity contribution in [2.75, 3.05) is 11.9 Å². The van der Waals surface area contributed by atoms with E-state index >= 15 is 0 Å². The number of aromatic nitrogens is 4. The Hall–Kier alpha value is -4.98. The van der Waals surface area contributed by atoms with Gasteiger partial charge in [0.05, 0.1) is 23.9 Å². The van der Waals surface area contributed by atoms with Gasteiger partial charge in [0.25, 0.3) is 11.6 Å². The van der Waals surface area contributed by atoms with Crippen LogP contribution in [0.15, 0.2) is 79.4 Å². The Labute approximate surface area is 239 Å². The summed E-state index contributed by atoms with van der Waals surface area (Å²) in [5, 5.41) is 39.9. The van der Waals surface area contributed by atoms with Crippen LogP contribution in [0.25, 0.3) is 21.9 Å². The van der Waals surface area contributed by atoms with Crippen LogP contribution in [0.3, 0.4) is 0 Å². The van der Waals surface area contributed by atoms with Crippen molar-refractivity contribution in [3.63, 3.8) is 0 Å². The minimum atomic E-state index is -1.21. The molecule has 13 nitrogen and oxygen atoms in total. The number of carbonyl (C=O) groups is 1. The van der Waals surface area contributed by atoms with Gasteiger partial charge in [0, 0.05) is 17.7 Å². The zero-order chi connectivity index (χ0) is 29.4. The minimum Gasteiger partial charge on any atom is -0.394 e. The summed E-state index contributed by atoms with van der Waals surface area (Å²) in [7, 11) is 0. The van der Waals surface area contributed by atoms with Gasteiger partial charge in [-0.15, -0.1) is 0 Å². The number of amides is 1. The lowest BCUT2D eigenvalue weighted by molar-refractivity contribution is -0.384. The van der Waals surface area contributed by atoms with Crippen molar-refractivity contribution in [2.24, 2.45) is 0 Å². The molecule has 1 fully saturated rings. The largest absolute Gasteiger partial charge is 0.394 e. The Morgan fingerprint density at radius 1 is 1.10 bits per heavy atom. The Balaban J connectivity index is 1.27. The fourth-order valence-electron chi connectivity index (χ4n) is 5.17. The van der Waals surface area contributed by atoms with Gasteiger partial charge in [0.2, 0.25) is 0 Å². The number of fused-ring (bicyclic) bond motifs is 2. The molecular weight excluding hydrogens is 542 g/mol. The van der Waals surface area contributed by atoms with Crippen molar-refractivity contribution in [1.82, 2.24) is 24.8 Å². The monoisotopic (exact) mass is 569 g/mol. The van der Waals surface area contributed by atoms with Gasteiger partial charge in [-0.25, -0.2) is 15.0 Å². The van der Waals surface area contributed by atoms with Crippen LogP contribution in [-0.4, -0.2) is 65.4 Å². The number of hydrogen-bond donors (Lipinski definition) is 4. The van der Waals surface area contributed by atoms with E-state index in [1.165, 1.54) is 24.8 Å². The van der Waals surface area contributed by atoms with Crippen molar-refractivity contribution in [2.45, 2.75) is 37.4 Å². The normalized spacial score (nSPS) is 20.9. The van der Waals surface area contributed by atoms with Gasteiger partial charge >= 0.3 is 0 Å². The van der Waals surface area contributed by atoms with Crippen LogP contribution in [0.5, 0.6) is 0 Å². The van der Waals surface area contributed by atoms with E-state index in [9.17, 15) is 25.1 Å². The Morgan fingerprint density at radius 3 is 2.60 bits per heavy atom. The predicted molar refractivity (Wildman–Crippen MR) is 153 cm³/mol. The first-order chi connectivity index (χ1) is 20.3. The van der Waals surface area contributed by atoms with Crippen molar-refractivity contribution in [3.05, 3.63) is 101 Å². The van der Waals surface area contributed by atoms with E-state index < -0.39 is 41.9 Å². The van der Waals surface area contributed by atoms with Crippen molar-refractivity contribution in [1.29, 1.82) is 0 Å². The van der Waals surface area contributed by atoms with Gasteiger partial charge in [0.1, 0.15) is 24.6 Å². The third-order valence-corrected chi connectivity index (χ3v) is 7.45. The van der Waals surface area contributed by atoms with Gasteiger partial charge < -0.3 is 25.6 Å². The van der Waals surface area contributed by atoms with E-state index in [1.54, 1.807) is 28.8 Å². The van der Waals surface area contributed by atoms with Crippen molar-refractivity contribution < 1.29 is 24.7 Å². The molecule has 0 bridgehead atoms. The average molecular weight is 570 g/mol. The molecule has 0 aliphatic carbocycles. The highest BCUT2D eigenvalue weighted by atomic mass is 16.6. The first-order valence-corrected chi connectivity index (χ1v) is 13.3. The van der Waals surface area contributed by atoms with Crippen LogP contribution in [0.4, 0.5) is 11.5 Å². The molecule has 13 heteroatoms. The molecule has 42 heavy (non-hydrogen) atoms. The third-order valence-electron chi connectivity index (χ3n) is 7.45. The summed E-state index contributed by atoms with van der Waals surface area (Å²) in [6.07, 6.45) is -0.253. The molecule has 6 rings (SSSR count). The fraction of sp³-hybridized carbons (Fsp3) is 0.241. The van der Waals surface area contributed by atoms with E-state index in [-0.39, 0.29) is 11.7 Å². The number of nitrogens with zero attached hydrogens (tertiary/aromatic N) is 5. The number of anilines is 1. The summed E-state index contributed by atoms with van der Waals surface area (Å²) in [5.41, 5.74) is 2.00. The maximum atomic E-state index is 13.3. The molecule has 0 saturated carbocycles. The number of carbonyl (C=O) groups excluding carboxylic acids is 1. The quantitative estimate of drug-likeness (QED) is 0.160. The zero-order valence-corrected chi connectivity index (χ0v) is 22.4. The first kappa shape index (κ1) is 27.2. The van der Waals surface area contributed by atoms with E-state index in [2.05, 4.69) is 25.6 Å². The molecule has 0 radical (unpaired) electrons. The number of aliphatic hydroxyl groups is 2. The SMILES string of the molecule is C[C@@H](Nc1ncnc2c1ncn2[C@@H]1O[C@H](CO)[C@@H](O)[C@H]1NC(=O)c1ccc2ccccc2c1)c1ccc([N+](=O)[O-])cc1. The van der Waals surface area contributed by atoms with E-state index in [4.69, 9.17) is 4.74 Å². The number of nitrogens with one attached hydrogen (secondary N) is 2. The van der Waals surface area contributed by atoms with E-state index in [0.29, 0.717) is 22.5 Å². The molecule has 1 aliphatic heterocycles. The van der Waals surface area contributed by atoms with Gasteiger partial charge in [-0.3, -0.25) is 19.5 Å². The smallest absolute Gasteiger partial charge is 0.269 e. The van der Waals surface area contributed by atoms with Crippen molar-refractivity contribution in [3.8, 4) is 0 Å². The van der Waals surface area contributed by atoms with Crippen LogP contribution in [0, 0.1) is 10.1 Å². The molecule has 2 aromatic heterocycles. The number of benzene rings is 3. The van der Waals surface area contributed by atoms with Crippen LogP contribution in [0.1, 0.15) is 35.1 Å². The average Bonchev–Trinajstić information content (AvgIpc) is 3.58. The number of nitro benzene ring substituents is 1.